The maximum Gasteiger partial charge on any atom is 0.338 e. The maximum atomic E-state index is 13.8. The zero-order valence-corrected chi connectivity index (χ0v) is 22.5. The van der Waals surface area contributed by atoms with E-state index in [4.69, 9.17) is 21.1 Å². The third-order valence-electron chi connectivity index (χ3n) is 6.15. The molecule has 0 aliphatic carbocycles. The highest BCUT2D eigenvalue weighted by atomic mass is 35.5. The summed E-state index contributed by atoms with van der Waals surface area (Å²) in [5.41, 5.74) is 3.23. The first-order valence-electron chi connectivity index (χ1n) is 12.2. The van der Waals surface area contributed by atoms with Gasteiger partial charge < -0.3 is 9.47 Å². The summed E-state index contributed by atoms with van der Waals surface area (Å²) >= 11 is 7.27. The van der Waals surface area contributed by atoms with Gasteiger partial charge in [-0.2, -0.15) is 0 Å². The zero-order valence-electron chi connectivity index (χ0n) is 20.9. The van der Waals surface area contributed by atoms with Crippen molar-refractivity contribution in [2.24, 2.45) is 4.99 Å². The number of halogens is 1. The Morgan fingerprint density at radius 3 is 2.50 bits per heavy atom. The highest BCUT2D eigenvalue weighted by Gasteiger charge is 2.33. The van der Waals surface area contributed by atoms with Crippen LogP contribution >= 0.6 is 22.9 Å². The van der Waals surface area contributed by atoms with E-state index < -0.39 is 12.0 Å². The van der Waals surface area contributed by atoms with Crippen LogP contribution in [0.15, 0.2) is 99.9 Å². The number of rotatable bonds is 7. The van der Waals surface area contributed by atoms with Crippen molar-refractivity contribution in [1.29, 1.82) is 0 Å². The van der Waals surface area contributed by atoms with Crippen molar-refractivity contribution < 1.29 is 14.3 Å². The minimum absolute atomic E-state index is 0.231. The number of aromatic nitrogens is 1. The van der Waals surface area contributed by atoms with Crippen LogP contribution in [0.3, 0.4) is 0 Å². The molecule has 0 N–H and O–H groups in total. The van der Waals surface area contributed by atoms with E-state index in [-0.39, 0.29) is 12.2 Å². The Kier molecular flexibility index (Phi) is 7.58. The average Bonchev–Trinajstić information content (AvgIpc) is 3.23. The number of allylic oxidation sites excluding steroid dienone is 1. The fourth-order valence-corrected chi connectivity index (χ4v) is 5.52. The molecule has 6 nitrogen and oxygen atoms in total. The molecule has 5 rings (SSSR count). The summed E-state index contributed by atoms with van der Waals surface area (Å²) in [7, 11) is 0. The largest absolute Gasteiger partial charge is 0.488 e. The number of hydrogen-bond acceptors (Lipinski definition) is 6. The van der Waals surface area contributed by atoms with Gasteiger partial charge in [-0.05, 0) is 49.2 Å². The number of esters is 1. The molecular weight excluding hydrogens is 520 g/mol. The predicted octanol–water partition coefficient (Wildman–Crippen LogP) is 5.03. The van der Waals surface area contributed by atoms with E-state index in [1.807, 2.05) is 84.9 Å². The summed E-state index contributed by atoms with van der Waals surface area (Å²) in [4.78, 5) is 32.0. The molecule has 1 atom stereocenters. The Bertz CT molecular complexity index is 1690. The zero-order chi connectivity index (χ0) is 26.6. The molecular formula is C30H25ClN2O4S. The number of ether oxygens (including phenoxy) is 2. The number of benzene rings is 3. The van der Waals surface area contributed by atoms with Crippen molar-refractivity contribution in [3.05, 3.63) is 132 Å². The Morgan fingerprint density at radius 2 is 1.76 bits per heavy atom. The van der Waals surface area contributed by atoms with E-state index in [0.717, 1.165) is 16.7 Å². The minimum atomic E-state index is -0.634. The summed E-state index contributed by atoms with van der Waals surface area (Å²) < 4.78 is 13.5. The highest BCUT2D eigenvalue weighted by Crippen LogP contribution is 2.30. The summed E-state index contributed by atoms with van der Waals surface area (Å²) in [6.45, 7) is 4.12. The first-order valence-corrected chi connectivity index (χ1v) is 13.4. The van der Waals surface area contributed by atoms with Crippen molar-refractivity contribution in [1.82, 2.24) is 4.57 Å². The van der Waals surface area contributed by atoms with Crippen LogP contribution in [0, 0.1) is 0 Å². The molecule has 192 valence electrons. The second-order valence-corrected chi connectivity index (χ2v) is 10.1. The van der Waals surface area contributed by atoms with Crippen LogP contribution in [-0.4, -0.2) is 17.1 Å². The first kappa shape index (κ1) is 25.7. The van der Waals surface area contributed by atoms with Gasteiger partial charge in [0.2, 0.25) is 0 Å². The molecule has 0 bridgehead atoms. The van der Waals surface area contributed by atoms with Gasteiger partial charge >= 0.3 is 5.97 Å². The van der Waals surface area contributed by atoms with Crippen molar-refractivity contribution in [3.63, 3.8) is 0 Å². The van der Waals surface area contributed by atoms with E-state index in [2.05, 4.69) is 4.99 Å². The molecule has 0 saturated carbocycles. The second kappa shape index (κ2) is 11.2. The van der Waals surface area contributed by atoms with Gasteiger partial charge in [0.1, 0.15) is 12.4 Å². The fraction of sp³-hybridized carbons (Fsp3) is 0.167. The van der Waals surface area contributed by atoms with Gasteiger partial charge in [0.25, 0.3) is 5.56 Å². The van der Waals surface area contributed by atoms with Crippen molar-refractivity contribution >= 4 is 35.0 Å². The molecule has 0 saturated heterocycles. The van der Waals surface area contributed by atoms with E-state index >= 15 is 0 Å². The quantitative estimate of drug-likeness (QED) is 0.306. The van der Waals surface area contributed by atoms with E-state index in [0.29, 0.717) is 38.0 Å². The number of carbonyl (C=O) groups is 1. The third-order valence-corrected chi connectivity index (χ3v) is 7.38. The van der Waals surface area contributed by atoms with Crippen LogP contribution in [0.1, 0.15) is 36.6 Å². The molecule has 0 radical (unpaired) electrons. The molecule has 3 aromatic carbocycles. The molecule has 2 heterocycles. The van der Waals surface area contributed by atoms with Gasteiger partial charge in [0.15, 0.2) is 4.80 Å². The normalized spacial score (nSPS) is 15.1. The number of fused-ring (bicyclic) bond motifs is 1. The molecule has 38 heavy (non-hydrogen) atoms. The Balaban J connectivity index is 1.58. The van der Waals surface area contributed by atoms with Crippen LogP contribution in [0.2, 0.25) is 5.02 Å². The van der Waals surface area contributed by atoms with Crippen molar-refractivity contribution in [3.8, 4) is 5.75 Å². The predicted molar refractivity (Wildman–Crippen MR) is 149 cm³/mol. The average molecular weight is 545 g/mol. The van der Waals surface area contributed by atoms with Gasteiger partial charge in [-0.15, -0.1) is 0 Å². The third kappa shape index (κ3) is 5.21. The number of para-hydroxylation sites is 1. The lowest BCUT2D eigenvalue weighted by Crippen LogP contribution is -2.39. The van der Waals surface area contributed by atoms with Crippen LogP contribution in [0.25, 0.3) is 6.08 Å². The minimum Gasteiger partial charge on any atom is -0.488 e. The summed E-state index contributed by atoms with van der Waals surface area (Å²) in [5.74, 6) is 0.175. The summed E-state index contributed by atoms with van der Waals surface area (Å²) in [6.07, 6.45) is 1.81. The van der Waals surface area contributed by atoms with Gasteiger partial charge in [-0.1, -0.05) is 83.6 Å². The Labute approximate surface area is 228 Å². The van der Waals surface area contributed by atoms with Crippen molar-refractivity contribution in [2.45, 2.75) is 26.5 Å². The Hall–Kier alpha value is -3.94. The number of thiazole rings is 1. The first-order chi connectivity index (χ1) is 18.5. The van der Waals surface area contributed by atoms with Crippen molar-refractivity contribution in [2.75, 3.05) is 6.61 Å². The SMILES string of the molecule is CCOC(=O)C1=C(C)N=c2s/c(=C\c3ccccc3OCc3ccc(Cl)cc3)c(=O)n2[C@@H]1c1ccccc1. The summed E-state index contributed by atoms with van der Waals surface area (Å²) in [6, 6.07) is 23.9. The van der Waals surface area contributed by atoms with Gasteiger partial charge in [-0.3, -0.25) is 9.36 Å². The monoisotopic (exact) mass is 544 g/mol. The van der Waals surface area contributed by atoms with Gasteiger partial charge in [0.05, 0.1) is 28.5 Å². The molecule has 0 spiro atoms. The van der Waals surface area contributed by atoms with Crippen LogP contribution in [0.4, 0.5) is 0 Å². The molecule has 1 aliphatic heterocycles. The number of nitrogens with zero attached hydrogens (tertiary/aromatic N) is 2. The summed E-state index contributed by atoms with van der Waals surface area (Å²) in [5, 5.41) is 0.666. The standard InChI is InChI=1S/C30H25ClN2O4S/c1-3-36-29(35)26-19(2)32-30-33(27(26)21-9-5-4-6-10-21)28(34)25(38-30)17-22-11-7-8-12-24(22)37-18-20-13-15-23(31)16-14-20/h4-17,27H,3,18H2,1-2H3/b25-17-/t27-/m1/s1. The van der Waals surface area contributed by atoms with E-state index in [9.17, 15) is 9.59 Å². The van der Waals surface area contributed by atoms with Gasteiger partial charge in [0, 0.05) is 10.6 Å². The van der Waals surface area contributed by atoms with Crippen LogP contribution in [-0.2, 0) is 16.1 Å². The molecule has 4 aromatic rings. The van der Waals surface area contributed by atoms with E-state index in [1.165, 1.54) is 11.3 Å². The van der Waals surface area contributed by atoms with Crippen LogP contribution in [0.5, 0.6) is 5.75 Å². The maximum absolute atomic E-state index is 13.8. The smallest absolute Gasteiger partial charge is 0.338 e. The number of hydrogen-bond donors (Lipinski definition) is 0. The highest BCUT2D eigenvalue weighted by molar-refractivity contribution is 7.07. The lowest BCUT2D eigenvalue weighted by molar-refractivity contribution is -0.139. The lowest BCUT2D eigenvalue weighted by atomic mass is 9.96. The molecule has 0 unspecified atom stereocenters. The lowest BCUT2D eigenvalue weighted by Gasteiger charge is -2.24. The second-order valence-electron chi connectivity index (χ2n) is 8.67. The molecule has 0 amide bonds. The molecule has 0 fully saturated rings. The fourth-order valence-electron chi connectivity index (χ4n) is 4.36. The molecule has 1 aromatic heterocycles. The van der Waals surface area contributed by atoms with Gasteiger partial charge in [-0.25, -0.2) is 9.79 Å². The van der Waals surface area contributed by atoms with Crippen LogP contribution < -0.4 is 19.6 Å². The Morgan fingerprint density at radius 1 is 1.05 bits per heavy atom. The topological polar surface area (TPSA) is 69.9 Å². The molecule has 1 aliphatic rings. The molecule has 8 heteroatoms. The number of carbonyl (C=O) groups excluding carboxylic acids is 1. The van der Waals surface area contributed by atoms with E-state index in [1.54, 1.807) is 18.4 Å².